The summed E-state index contributed by atoms with van der Waals surface area (Å²) in [6.07, 6.45) is 4.28. The Morgan fingerprint density at radius 2 is 1.96 bits per heavy atom. The summed E-state index contributed by atoms with van der Waals surface area (Å²) >= 11 is 1.43. The highest BCUT2D eigenvalue weighted by atomic mass is 32.1. The van der Waals surface area contributed by atoms with Crippen LogP contribution in [0.2, 0.25) is 0 Å². The van der Waals surface area contributed by atoms with E-state index < -0.39 is 0 Å². The van der Waals surface area contributed by atoms with Crippen molar-refractivity contribution >= 4 is 23.0 Å². The fraction of sp³-hybridized carbons (Fsp3) is 0.421. The molecule has 2 aromatic rings. The molecule has 0 spiro atoms. The van der Waals surface area contributed by atoms with Crippen molar-refractivity contribution in [3.8, 4) is 0 Å². The molecule has 6 heteroatoms. The number of carbonyl (C=O) groups excluding carboxylic acids is 2. The monoisotopic (exact) mass is 357 g/mol. The second kappa shape index (κ2) is 8.36. The molecule has 1 unspecified atom stereocenters. The van der Waals surface area contributed by atoms with Gasteiger partial charge in [-0.25, -0.2) is 0 Å². The van der Waals surface area contributed by atoms with Crippen LogP contribution < -0.4 is 0 Å². The molecule has 2 aromatic heterocycles. The standard InChI is InChI=1S/C19H23N3O2S/c1-15(16-4-2-8-20-14-16)21-9-11-22(12-10-21)19(24)7-6-17(23)18-5-3-13-25-18/h2-5,8,13-15H,6-7,9-12H2,1H3. The third-order valence-electron chi connectivity index (χ3n) is 4.74. The van der Waals surface area contributed by atoms with Crippen LogP contribution in [-0.2, 0) is 4.79 Å². The van der Waals surface area contributed by atoms with E-state index in [1.807, 2.05) is 34.7 Å². The number of amides is 1. The summed E-state index contributed by atoms with van der Waals surface area (Å²) in [5.74, 6) is 0.144. The smallest absolute Gasteiger partial charge is 0.223 e. The van der Waals surface area contributed by atoms with E-state index in [-0.39, 0.29) is 11.7 Å². The summed E-state index contributed by atoms with van der Waals surface area (Å²) in [6.45, 7) is 5.31. The third kappa shape index (κ3) is 4.52. The van der Waals surface area contributed by atoms with Crippen molar-refractivity contribution in [2.45, 2.75) is 25.8 Å². The fourth-order valence-electron chi connectivity index (χ4n) is 3.13. The van der Waals surface area contributed by atoms with Gasteiger partial charge in [-0.1, -0.05) is 12.1 Å². The molecule has 0 bridgehead atoms. The lowest BCUT2D eigenvalue weighted by atomic mass is 10.1. The second-order valence-electron chi connectivity index (χ2n) is 6.28. The van der Waals surface area contributed by atoms with E-state index in [1.54, 1.807) is 6.20 Å². The van der Waals surface area contributed by atoms with Crippen LogP contribution in [0, 0.1) is 0 Å². The first-order valence-electron chi connectivity index (χ1n) is 8.63. The first-order chi connectivity index (χ1) is 12.1. The summed E-state index contributed by atoms with van der Waals surface area (Å²) in [7, 11) is 0. The molecule has 0 aliphatic carbocycles. The zero-order valence-corrected chi connectivity index (χ0v) is 15.2. The maximum Gasteiger partial charge on any atom is 0.223 e. The molecule has 1 atom stereocenters. The van der Waals surface area contributed by atoms with E-state index in [9.17, 15) is 9.59 Å². The number of nitrogens with zero attached hydrogens (tertiary/aromatic N) is 3. The van der Waals surface area contributed by atoms with Crippen LogP contribution in [0.3, 0.4) is 0 Å². The highest BCUT2D eigenvalue weighted by molar-refractivity contribution is 7.12. The fourth-order valence-corrected chi connectivity index (χ4v) is 3.83. The number of carbonyl (C=O) groups is 2. The van der Waals surface area contributed by atoms with E-state index in [2.05, 4.69) is 22.9 Å². The van der Waals surface area contributed by atoms with Crippen molar-refractivity contribution in [1.82, 2.24) is 14.8 Å². The molecular weight excluding hydrogens is 334 g/mol. The maximum absolute atomic E-state index is 12.4. The van der Waals surface area contributed by atoms with Gasteiger partial charge in [0, 0.05) is 57.5 Å². The minimum atomic E-state index is 0.0622. The summed E-state index contributed by atoms with van der Waals surface area (Å²) in [4.78, 5) is 33.6. The van der Waals surface area contributed by atoms with Gasteiger partial charge >= 0.3 is 0 Å². The number of hydrogen-bond donors (Lipinski definition) is 0. The van der Waals surface area contributed by atoms with Crippen molar-refractivity contribution in [2.24, 2.45) is 0 Å². The van der Waals surface area contributed by atoms with Crippen LogP contribution in [-0.4, -0.2) is 52.7 Å². The number of rotatable bonds is 6. The SMILES string of the molecule is CC(c1cccnc1)N1CCN(C(=O)CCC(=O)c2cccs2)CC1. The molecule has 3 rings (SSSR count). The van der Waals surface area contributed by atoms with E-state index in [4.69, 9.17) is 0 Å². The summed E-state index contributed by atoms with van der Waals surface area (Å²) < 4.78 is 0. The Morgan fingerprint density at radius 1 is 1.16 bits per heavy atom. The van der Waals surface area contributed by atoms with E-state index >= 15 is 0 Å². The molecule has 1 aliphatic heterocycles. The Morgan fingerprint density at radius 3 is 2.60 bits per heavy atom. The maximum atomic E-state index is 12.4. The Labute approximate surface area is 152 Å². The van der Waals surface area contributed by atoms with Gasteiger partial charge in [0.25, 0.3) is 0 Å². The van der Waals surface area contributed by atoms with Gasteiger partial charge in [-0.3, -0.25) is 19.5 Å². The Kier molecular flexibility index (Phi) is 5.94. The molecule has 1 fully saturated rings. The number of aromatic nitrogens is 1. The van der Waals surface area contributed by atoms with Gasteiger partial charge in [0.1, 0.15) is 0 Å². The van der Waals surface area contributed by atoms with Crippen LogP contribution in [0.1, 0.15) is 41.0 Å². The van der Waals surface area contributed by atoms with E-state index in [0.717, 1.165) is 31.1 Å². The number of piperazine rings is 1. The van der Waals surface area contributed by atoms with Crippen LogP contribution in [0.5, 0.6) is 0 Å². The Bertz CT molecular complexity index is 695. The molecule has 1 aliphatic rings. The lowest BCUT2D eigenvalue weighted by molar-refractivity contribution is -0.133. The molecule has 0 radical (unpaired) electrons. The van der Waals surface area contributed by atoms with Gasteiger partial charge in [0.15, 0.2) is 5.78 Å². The van der Waals surface area contributed by atoms with Crippen LogP contribution in [0.25, 0.3) is 0 Å². The molecule has 0 N–H and O–H groups in total. The molecule has 0 saturated carbocycles. The largest absolute Gasteiger partial charge is 0.340 e. The Balaban J connectivity index is 1.45. The van der Waals surface area contributed by atoms with Gasteiger partial charge < -0.3 is 4.90 Å². The molecule has 0 aromatic carbocycles. The van der Waals surface area contributed by atoms with Gasteiger partial charge in [0.05, 0.1) is 4.88 Å². The number of hydrogen-bond acceptors (Lipinski definition) is 5. The predicted molar refractivity (Wildman–Crippen MR) is 98.7 cm³/mol. The summed E-state index contributed by atoms with van der Waals surface area (Å²) in [5.41, 5.74) is 1.20. The van der Waals surface area contributed by atoms with Gasteiger partial charge in [-0.05, 0) is 30.0 Å². The molecule has 3 heterocycles. The number of thiophene rings is 1. The predicted octanol–water partition coefficient (Wildman–Crippen LogP) is 3.01. The number of ketones is 1. The van der Waals surface area contributed by atoms with Crippen molar-refractivity contribution in [3.05, 3.63) is 52.5 Å². The molecule has 5 nitrogen and oxygen atoms in total. The van der Waals surface area contributed by atoms with Crippen molar-refractivity contribution in [1.29, 1.82) is 0 Å². The van der Waals surface area contributed by atoms with Gasteiger partial charge in [0.2, 0.25) is 5.91 Å². The van der Waals surface area contributed by atoms with Crippen molar-refractivity contribution < 1.29 is 9.59 Å². The lowest BCUT2D eigenvalue weighted by Crippen LogP contribution is -2.49. The number of pyridine rings is 1. The summed E-state index contributed by atoms with van der Waals surface area (Å²) in [5, 5.41) is 1.89. The molecule has 1 saturated heterocycles. The summed E-state index contributed by atoms with van der Waals surface area (Å²) in [6, 6.07) is 8.02. The molecule has 25 heavy (non-hydrogen) atoms. The quantitative estimate of drug-likeness (QED) is 0.746. The second-order valence-corrected chi connectivity index (χ2v) is 7.23. The number of Topliss-reactive ketones (excluding diaryl/α,β-unsaturated/α-hetero) is 1. The normalized spacial score (nSPS) is 16.6. The highest BCUT2D eigenvalue weighted by Gasteiger charge is 2.25. The van der Waals surface area contributed by atoms with Crippen LogP contribution >= 0.6 is 11.3 Å². The average molecular weight is 357 g/mol. The molecular formula is C19H23N3O2S. The molecule has 132 valence electrons. The van der Waals surface area contributed by atoms with Crippen LogP contribution in [0.15, 0.2) is 42.0 Å². The zero-order chi connectivity index (χ0) is 17.6. The minimum Gasteiger partial charge on any atom is -0.340 e. The Hall–Kier alpha value is -2.05. The van der Waals surface area contributed by atoms with Crippen molar-refractivity contribution in [2.75, 3.05) is 26.2 Å². The zero-order valence-electron chi connectivity index (χ0n) is 14.4. The average Bonchev–Trinajstić information content (AvgIpc) is 3.21. The first kappa shape index (κ1) is 17.8. The van der Waals surface area contributed by atoms with Crippen molar-refractivity contribution in [3.63, 3.8) is 0 Å². The molecule has 1 amide bonds. The topological polar surface area (TPSA) is 53.5 Å². The first-order valence-corrected chi connectivity index (χ1v) is 9.51. The minimum absolute atomic E-state index is 0.0622. The third-order valence-corrected chi connectivity index (χ3v) is 5.65. The van der Waals surface area contributed by atoms with Crippen LogP contribution in [0.4, 0.5) is 0 Å². The lowest BCUT2D eigenvalue weighted by Gasteiger charge is -2.38. The van der Waals surface area contributed by atoms with E-state index in [1.165, 1.54) is 16.9 Å². The highest BCUT2D eigenvalue weighted by Crippen LogP contribution is 2.21. The van der Waals surface area contributed by atoms with E-state index in [0.29, 0.717) is 18.9 Å². The van der Waals surface area contributed by atoms with Gasteiger partial charge in [-0.15, -0.1) is 11.3 Å². The van der Waals surface area contributed by atoms with Gasteiger partial charge in [-0.2, -0.15) is 0 Å².